The number of benzene rings is 1. The van der Waals surface area contributed by atoms with Gasteiger partial charge in [0.2, 0.25) is 0 Å². The van der Waals surface area contributed by atoms with Crippen molar-refractivity contribution in [3.8, 4) is 11.5 Å². The molecule has 2 rings (SSSR count). The Morgan fingerprint density at radius 2 is 1.85 bits per heavy atom. The average molecular weight is 277 g/mol. The quantitative estimate of drug-likeness (QED) is 0.819. The molecule has 0 saturated heterocycles. The maximum Gasteiger partial charge on any atom is 0.161 e. The topological polar surface area (TPSA) is 30.5 Å². The molecule has 1 aliphatic carbocycles. The third-order valence-corrected chi connectivity index (χ3v) is 4.25. The van der Waals surface area contributed by atoms with Gasteiger partial charge in [-0.15, -0.1) is 0 Å². The van der Waals surface area contributed by atoms with E-state index < -0.39 is 0 Å². The average Bonchev–Trinajstić information content (AvgIpc) is 3.01. The summed E-state index contributed by atoms with van der Waals surface area (Å²) in [5.41, 5.74) is 1.32. The number of hydrogen-bond acceptors (Lipinski definition) is 3. The van der Waals surface area contributed by atoms with Gasteiger partial charge in [-0.2, -0.15) is 0 Å². The van der Waals surface area contributed by atoms with Gasteiger partial charge >= 0.3 is 0 Å². The fourth-order valence-electron chi connectivity index (χ4n) is 3.19. The van der Waals surface area contributed by atoms with Gasteiger partial charge in [0.25, 0.3) is 0 Å². The highest BCUT2D eigenvalue weighted by Crippen LogP contribution is 2.38. The third-order valence-electron chi connectivity index (χ3n) is 4.25. The second kappa shape index (κ2) is 7.53. The SMILES string of the molecule is CCCNC(c1ccc(OC)c(OC)c1)C1CCCC1. The summed E-state index contributed by atoms with van der Waals surface area (Å²) in [4.78, 5) is 0. The van der Waals surface area contributed by atoms with E-state index in [1.165, 1.54) is 31.2 Å². The van der Waals surface area contributed by atoms with E-state index in [1.807, 2.05) is 6.07 Å². The molecule has 1 N–H and O–H groups in total. The number of hydrogen-bond donors (Lipinski definition) is 1. The molecular weight excluding hydrogens is 250 g/mol. The monoisotopic (exact) mass is 277 g/mol. The van der Waals surface area contributed by atoms with Gasteiger partial charge < -0.3 is 14.8 Å². The van der Waals surface area contributed by atoms with Crippen LogP contribution in [0.4, 0.5) is 0 Å². The fourth-order valence-corrected chi connectivity index (χ4v) is 3.19. The summed E-state index contributed by atoms with van der Waals surface area (Å²) < 4.78 is 10.8. The Bertz CT molecular complexity index is 413. The molecule has 0 bridgehead atoms. The van der Waals surface area contributed by atoms with Crippen LogP contribution in [0.1, 0.15) is 50.6 Å². The molecule has 1 atom stereocenters. The minimum atomic E-state index is 0.442. The van der Waals surface area contributed by atoms with Crippen molar-refractivity contribution in [2.45, 2.75) is 45.1 Å². The largest absolute Gasteiger partial charge is 0.493 e. The molecule has 1 fully saturated rings. The fraction of sp³-hybridized carbons (Fsp3) is 0.647. The van der Waals surface area contributed by atoms with Gasteiger partial charge in [0, 0.05) is 6.04 Å². The molecule has 3 heteroatoms. The predicted octanol–water partition coefficient (Wildman–Crippen LogP) is 3.93. The normalized spacial score (nSPS) is 17.1. The van der Waals surface area contributed by atoms with Crippen LogP contribution in [-0.4, -0.2) is 20.8 Å². The molecule has 112 valence electrons. The van der Waals surface area contributed by atoms with Crippen LogP contribution in [0.3, 0.4) is 0 Å². The van der Waals surface area contributed by atoms with Crippen molar-refractivity contribution in [2.24, 2.45) is 5.92 Å². The van der Waals surface area contributed by atoms with Crippen molar-refractivity contribution < 1.29 is 9.47 Å². The van der Waals surface area contributed by atoms with E-state index in [2.05, 4.69) is 24.4 Å². The molecule has 0 amide bonds. The molecule has 3 nitrogen and oxygen atoms in total. The molecule has 0 aromatic heterocycles. The maximum absolute atomic E-state index is 5.44. The van der Waals surface area contributed by atoms with Crippen molar-refractivity contribution >= 4 is 0 Å². The summed E-state index contributed by atoms with van der Waals surface area (Å²) in [7, 11) is 3.38. The highest BCUT2D eigenvalue weighted by atomic mass is 16.5. The van der Waals surface area contributed by atoms with Crippen molar-refractivity contribution in [1.82, 2.24) is 5.32 Å². The van der Waals surface area contributed by atoms with E-state index in [0.29, 0.717) is 6.04 Å². The molecule has 0 spiro atoms. The Morgan fingerprint density at radius 3 is 2.45 bits per heavy atom. The number of ether oxygens (including phenoxy) is 2. The van der Waals surface area contributed by atoms with Crippen LogP contribution in [0.15, 0.2) is 18.2 Å². The number of methoxy groups -OCH3 is 2. The maximum atomic E-state index is 5.44. The number of rotatable bonds is 7. The lowest BCUT2D eigenvalue weighted by molar-refractivity contribution is 0.346. The zero-order chi connectivity index (χ0) is 14.4. The second-order valence-corrected chi connectivity index (χ2v) is 5.59. The van der Waals surface area contributed by atoms with Gasteiger partial charge in [-0.3, -0.25) is 0 Å². The van der Waals surface area contributed by atoms with E-state index in [1.54, 1.807) is 14.2 Å². The van der Waals surface area contributed by atoms with Crippen molar-refractivity contribution in [3.63, 3.8) is 0 Å². The first-order valence-corrected chi connectivity index (χ1v) is 7.75. The van der Waals surface area contributed by atoms with E-state index >= 15 is 0 Å². The molecule has 1 unspecified atom stereocenters. The van der Waals surface area contributed by atoms with Gasteiger partial charge in [0.1, 0.15) is 0 Å². The van der Waals surface area contributed by atoms with Gasteiger partial charge in [-0.25, -0.2) is 0 Å². The Kier molecular flexibility index (Phi) is 5.72. The standard InChI is InChI=1S/C17H27NO2/c1-4-11-18-17(13-7-5-6-8-13)14-9-10-15(19-2)16(12-14)20-3/h9-10,12-13,17-18H,4-8,11H2,1-3H3. The van der Waals surface area contributed by atoms with Gasteiger partial charge in [0.05, 0.1) is 14.2 Å². The molecule has 0 radical (unpaired) electrons. The second-order valence-electron chi connectivity index (χ2n) is 5.59. The summed E-state index contributed by atoms with van der Waals surface area (Å²) in [6.45, 7) is 3.28. The van der Waals surface area contributed by atoms with E-state index in [0.717, 1.165) is 30.4 Å². The lowest BCUT2D eigenvalue weighted by atomic mass is 9.91. The molecular formula is C17H27NO2. The smallest absolute Gasteiger partial charge is 0.161 e. The molecule has 1 aromatic carbocycles. The Hall–Kier alpha value is -1.22. The van der Waals surface area contributed by atoms with E-state index in [4.69, 9.17) is 9.47 Å². The van der Waals surface area contributed by atoms with Crippen LogP contribution in [0.2, 0.25) is 0 Å². The summed E-state index contributed by atoms with van der Waals surface area (Å²) in [5.74, 6) is 2.38. The zero-order valence-electron chi connectivity index (χ0n) is 12.9. The summed E-state index contributed by atoms with van der Waals surface area (Å²) in [5, 5.41) is 3.72. The Labute approximate surface area is 122 Å². The van der Waals surface area contributed by atoms with E-state index in [9.17, 15) is 0 Å². The van der Waals surface area contributed by atoms with Gasteiger partial charge in [-0.1, -0.05) is 25.8 Å². The summed E-state index contributed by atoms with van der Waals surface area (Å²) in [6.07, 6.45) is 6.55. The first-order valence-electron chi connectivity index (χ1n) is 7.75. The van der Waals surface area contributed by atoms with Gasteiger partial charge in [0.15, 0.2) is 11.5 Å². The zero-order valence-corrected chi connectivity index (χ0v) is 12.9. The van der Waals surface area contributed by atoms with Crippen LogP contribution in [0, 0.1) is 5.92 Å². The minimum absolute atomic E-state index is 0.442. The lowest BCUT2D eigenvalue weighted by Gasteiger charge is -2.26. The minimum Gasteiger partial charge on any atom is -0.493 e. The molecule has 1 aromatic rings. The first kappa shape index (κ1) is 15.2. The third kappa shape index (κ3) is 3.45. The van der Waals surface area contributed by atoms with Crippen molar-refractivity contribution in [1.29, 1.82) is 0 Å². The van der Waals surface area contributed by atoms with Crippen molar-refractivity contribution in [3.05, 3.63) is 23.8 Å². The summed E-state index contributed by atoms with van der Waals surface area (Å²) in [6, 6.07) is 6.76. The molecule has 1 aliphatic rings. The number of nitrogens with one attached hydrogen (secondary N) is 1. The highest BCUT2D eigenvalue weighted by Gasteiger charge is 2.26. The lowest BCUT2D eigenvalue weighted by Crippen LogP contribution is -2.27. The molecule has 0 aliphatic heterocycles. The Morgan fingerprint density at radius 1 is 1.15 bits per heavy atom. The van der Waals surface area contributed by atoms with Gasteiger partial charge in [-0.05, 0) is 49.4 Å². The van der Waals surface area contributed by atoms with Crippen LogP contribution >= 0.6 is 0 Å². The Balaban J connectivity index is 2.22. The van der Waals surface area contributed by atoms with Crippen molar-refractivity contribution in [2.75, 3.05) is 20.8 Å². The van der Waals surface area contributed by atoms with Crippen LogP contribution in [-0.2, 0) is 0 Å². The molecule has 1 saturated carbocycles. The predicted molar refractivity (Wildman–Crippen MR) is 82.5 cm³/mol. The van der Waals surface area contributed by atoms with Crippen LogP contribution in [0.5, 0.6) is 11.5 Å². The first-order chi connectivity index (χ1) is 9.80. The summed E-state index contributed by atoms with van der Waals surface area (Å²) >= 11 is 0. The molecule has 0 heterocycles. The van der Waals surface area contributed by atoms with Crippen LogP contribution in [0.25, 0.3) is 0 Å². The molecule has 20 heavy (non-hydrogen) atoms. The highest BCUT2D eigenvalue weighted by molar-refractivity contribution is 5.44. The van der Waals surface area contributed by atoms with Crippen LogP contribution < -0.4 is 14.8 Å². The van der Waals surface area contributed by atoms with E-state index in [-0.39, 0.29) is 0 Å².